The molecule has 0 aliphatic carbocycles. The number of pyridine rings is 1. The molecule has 1 aromatic carbocycles. The SMILES string of the molecule is CCCNC(=O)NCC1=COc2ccc(OCCCOc3ccc4[nH]cc(CCNC(C)=O)c4n3)cc2O1. The molecule has 38 heavy (non-hydrogen) atoms. The molecule has 0 bridgehead atoms. The van der Waals surface area contributed by atoms with Crippen molar-refractivity contribution in [3.8, 4) is 23.1 Å². The van der Waals surface area contributed by atoms with Crippen LogP contribution in [0, 0.1) is 0 Å². The van der Waals surface area contributed by atoms with E-state index in [2.05, 4.69) is 25.9 Å². The van der Waals surface area contributed by atoms with Gasteiger partial charge in [-0.05, 0) is 36.6 Å². The molecular formula is C27H33N5O6. The maximum absolute atomic E-state index is 11.7. The molecule has 0 unspecified atom stereocenters. The number of H-pyrrole nitrogens is 1. The lowest BCUT2D eigenvalue weighted by Crippen LogP contribution is -2.37. The van der Waals surface area contributed by atoms with Gasteiger partial charge in [-0.1, -0.05) is 6.92 Å². The summed E-state index contributed by atoms with van der Waals surface area (Å²) in [5, 5.41) is 8.27. The maximum Gasteiger partial charge on any atom is 0.315 e. The molecule has 202 valence electrons. The molecular weight excluding hydrogens is 490 g/mol. The predicted molar refractivity (Wildman–Crippen MR) is 142 cm³/mol. The second-order valence-corrected chi connectivity index (χ2v) is 8.67. The van der Waals surface area contributed by atoms with Crippen molar-refractivity contribution in [2.45, 2.75) is 33.1 Å². The van der Waals surface area contributed by atoms with Crippen molar-refractivity contribution >= 4 is 23.0 Å². The lowest BCUT2D eigenvalue weighted by atomic mass is 10.2. The number of nitrogens with zero attached hydrogens (tertiary/aromatic N) is 1. The van der Waals surface area contributed by atoms with Crippen LogP contribution in [-0.4, -0.2) is 54.8 Å². The van der Waals surface area contributed by atoms with Gasteiger partial charge in [0.15, 0.2) is 17.3 Å². The lowest BCUT2D eigenvalue weighted by molar-refractivity contribution is -0.118. The number of hydrogen-bond acceptors (Lipinski definition) is 7. The van der Waals surface area contributed by atoms with Crippen molar-refractivity contribution < 1.29 is 28.5 Å². The molecule has 4 N–H and O–H groups in total. The quantitative estimate of drug-likeness (QED) is 0.252. The third kappa shape index (κ3) is 7.55. The van der Waals surface area contributed by atoms with Gasteiger partial charge < -0.3 is 39.9 Å². The summed E-state index contributed by atoms with van der Waals surface area (Å²) in [6.45, 7) is 5.73. The molecule has 2 aromatic heterocycles. The topological polar surface area (TPSA) is 136 Å². The van der Waals surface area contributed by atoms with Crippen LogP contribution in [0.3, 0.4) is 0 Å². The smallest absolute Gasteiger partial charge is 0.315 e. The van der Waals surface area contributed by atoms with Gasteiger partial charge in [-0.15, -0.1) is 0 Å². The number of carbonyl (C=O) groups excluding carboxylic acids is 2. The molecule has 0 radical (unpaired) electrons. The van der Waals surface area contributed by atoms with Gasteiger partial charge in [0.2, 0.25) is 11.8 Å². The minimum Gasteiger partial charge on any atom is -0.493 e. The Labute approximate surface area is 220 Å². The van der Waals surface area contributed by atoms with E-state index in [-0.39, 0.29) is 18.5 Å². The van der Waals surface area contributed by atoms with Crippen LogP contribution in [0.1, 0.15) is 32.3 Å². The molecule has 3 heterocycles. The Hall–Kier alpha value is -4.41. The first-order chi connectivity index (χ1) is 18.5. The van der Waals surface area contributed by atoms with Crippen LogP contribution < -0.4 is 34.9 Å². The van der Waals surface area contributed by atoms with Crippen molar-refractivity contribution in [2.24, 2.45) is 0 Å². The van der Waals surface area contributed by atoms with Crippen molar-refractivity contribution in [1.29, 1.82) is 0 Å². The number of ether oxygens (including phenoxy) is 4. The summed E-state index contributed by atoms with van der Waals surface area (Å²) in [5.74, 6) is 2.70. The van der Waals surface area contributed by atoms with Crippen molar-refractivity contribution in [3.63, 3.8) is 0 Å². The number of rotatable bonds is 13. The highest BCUT2D eigenvalue weighted by atomic mass is 16.6. The van der Waals surface area contributed by atoms with Crippen LogP contribution >= 0.6 is 0 Å². The minimum atomic E-state index is -0.257. The maximum atomic E-state index is 11.7. The first-order valence-corrected chi connectivity index (χ1v) is 12.7. The fourth-order valence-corrected chi connectivity index (χ4v) is 3.70. The highest BCUT2D eigenvalue weighted by Crippen LogP contribution is 2.35. The fourth-order valence-electron chi connectivity index (χ4n) is 3.70. The van der Waals surface area contributed by atoms with Gasteiger partial charge in [0, 0.05) is 44.8 Å². The summed E-state index contributed by atoms with van der Waals surface area (Å²) < 4.78 is 23.1. The van der Waals surface area contributed by atoms with Gasteiger partial charge in [-0.2, -0.15) is 0 Å². The molecule has 0 fully saturated rings. The third-order valence-electron chi connectivity index (χ3n) is 5.58. The largest absolute Gasteiger partial charge is 0.493 e. The molecule has 0 atom stereocenters. The van der Waals surface area contributed by atoms with Gasteiger partial charge in [-0.3, -0.25) is 4.79 Å². The molecule has 3 aromatic rings. The number of benzene rings is 1. The van der Waals surface area contributed by atoms with Crippen molar-refractivity contribution in [2.75, 3.05) is 32.8 Å². The normalized spacial score (nSPS) is 12.0. The zero-order valence-corrected chi connectivity index (χ0v) is 21.6. The van der Waals surface area contributed by atoms with E-state index in [1.165, 1.54) is 13.2 Å². The fraction of sp³-hybridized carbons (Fsp3) is 0.370. The number of hydrogen-bond donors (Lipinski definition) is 4. The summed E-state index contributed by atoms with van der Waals surface area (Å²) in [5.41, 5.74) is 2.78. The van der Waals surface area contributed by atoms with E-state index in [9.17, 15) is 9.59 Å². The Bertz CT molecular complexity index is 1290. The molecule has 1 aliphatic rings. The summed E-state index contributed by atoms with van der Waals surface area (Å²) in [7, 11) is 0. The van der Waals surface area contributed by atoms with E-state index in [1.54, 1.807) is 12.1 Å². The monoisotopic (exact) mass is 523 g/mol. The number of aromatic nitrogens is 2. The highest BCUT2D eigenvalue weighted by molar-refractivity contribution is 5.79. The molecule has 11 heteroatoms. The number of aromatic amines is 1. The van der Waals surface area contributed by atoms with Crippen LogP contribution in [0.5, 0.6) is 23.1 Å². The summed E-state index contributed by atoms with van der Waals surface area (Å²) in [6.07, 6.45) is 5.58. The third-order valence-corrected chi connectivity index (χ3v) is 5.58. The van der Waals surface area contributed by atoms with Gasteiger partial charge in [-0.25, -0.2) is 9.78 Å². The van der Waals surface area contributed by atoms with E-state index in [0.717, 1.165) is 23.0 Å². The van der Waals surface area contributed by atoms with Crippen LogP contribution in [-0.2, 0) is 11.2 Å². The highest BCUT2D eigenvalue weighted by Gasteiger charge is 2.16. The molecule has 0 spiro atoms. The molecule has 3 amide bonds. The molecule has 11 nitrogen and oxygen atoms in total. The Morgan fingerprint density at radius 1 is 1.03 bits per heavy atom. The second-order valence-electron chi connectivity index (χ2n) is 8.67. The number of urea groups is 1. The van der Waals surface area contributed by atoms with Gasteiger partial charge >= 0.3 is 6.03 Å². The van der Waals surface area contributed by atoms with Crippen LogP contribution in [0.4, 0.5) is 4.79 Å². The van der Waals surface area contributed by atoms with Crippen LogP contribution in [0.15, 0.2) is 48.5 Å². The van der Waals surface area contributed by atoms with Crippen molar-refractivity contribution in [3.05, 3.63) is 54.1 Å². The Balaban J connectivity index is 1.20. The standard InChI is InChI=1S/C27H33N5O6/c1-3-10-29-27(34)31-16-21-17-37-23-7-5-20(14-24(23)38-21)35-12-4-13-36-25-8-6-22-26(32-25)19(15-30-22)9-11-28-18(2)33/h5-8,14-15,17,30H,3-4,9-13,16H2,1-2H3,(H,28,33)(H2,29,31,34). The first-order valence-electron chi connectivity index (χ1n) is 12.7. The lowest BCUT2D eigenvalue weighted by Gasteiger charge is -2.19. The van der Waals surface area contributed by atoms with Gasteiger partial charge in [0.05, 0.1) is 30.8 Å². The number of amides is 3. The number of fused-ring (bicyclic) bond motifs is 2. The molecule has 4 rings (SSSR count). The predicted octanol–water partition coefficient (Wildman–Crippen LogP) is 3.41. The number of nitrogens with one attached hydrogen (secondary N) is 4. The zero-order chi connectivity index (χ0) is 26.7. The molecule has 1 aliphatic heterocycles. The van der Waals surface area contributed by atoms with Gasteiger partial charge in [0.25, 0.3) is 0 Å². The average molecular weight is 524 g/mol. The van der Waals surface area contributed by atoms with Gasteiger partial charge in [0.1, 0.15) is 12.0 Å². The van der Waals surface area contributed by atoms with E-state index >= 15 is 0 Å². The molecule has 0 saturated heterocycles. The van der Waals surface area contributed by atoms with Crippen LogP contribution in [0.25, 0.3) is 11.0 Å². The Morgan fingerprint density at radius 2 is 1.89 bits per heavy atom. The minimum absolute atomic E-state index is 0.0530. The van der Waals surface area contributed by atoms with E-state index in [0.29, 0.717) is 68.0 Å². The van der Waals surface area contributed by atoms with E-state index < -0.39 is 0 Å². The second kappa shape index (κ2) is 13.2. The van der Waals surface area contributed by atoms with E-state index in [4.69, 9.17) is 18.9 Å². The Morgan fingerprint density at radius 3 is 2.74 bits per heavy atom. The van der Waals surface area contributed by atoms with E-state index in [1.807, 2.05) is 31.3 Å². The average Bonchev–Trinajstić information content (AvgIpc) is 3.32. The molecule has 0 saturated carbocycles. The zero-order valence-electron chi connectivity index (χ0n) is 21.6. The van der Waals surface area contributed by atoms with Crippen molar-refractivity contribution in [1.82, 2.24) is 25.9 Å². The van der Waals surface area contributed by atoms with Crippen LogP contribution in [0.2, 0.25) is 0 Å². The summed E-state index contributed by atoms with van der Waals surface area (Å²) in [4.78, 5) is 30.6. The first kappa shape index (κ1) is 26.6. The Kier molecular flexibility index (Phi) is 9.27. The summed E-state index contributed by atoms with van der Waals surface area (Å²) in [6, 6.07) is 8.83. The summed E-state index contributed by atoms with van der Waals surface area (Å²) >= 11 is 0. The number of carbonyl (C=O) groups is 2.